The van der Waals surface area contributed by atoms with E-state index >= 15 is 0 Å². The minimum absolute atomic E-state index is 0.192. The summed E-state index contributed by atoms with van der Waals surface area (Å²) in [7, 11) is 1.53. The molecule has 1 N–H and O–H groups in total. The minimum atomic E-state index is -0.192. The highest BCUT2D eigenvalue weighted by Gasteiger charge is 2.11. The van der Waals surface area contributed by atoms with Gasteiger partial charge in [-0.05, 0) is 36.8 Å². The lowest BCUT2D eigenvalue weighted by Crippen LogP contribution is -2.13. The Morgan fingerprint density at radius 3 is 2.70 bits per heavy atom. The number of halogens is 1. The number of thiol groups is 1. The van der Waals surface area contributed by atoms with Crippen molar-refractivity contribution < 1.29 is 9.53 Å². The predicted molar refractivity (Wildman–Crippen MR) is 84.4 cm³/mol. The van der Waals surface area contributed by atoms with Crippen molar-refractivity contribution in [2.75, 3.05) is 12.4 Å². The second-order valence-corrected chi connectivity index (χ2v) is 5.23. The van der Waals surface area contributed by atoms with E-state index in [9.17, 15) is 4.79 Å². The van der Waals surface area contributed by atoms with Gasteiger partial charge in [0.15, 0.2) is 0 Å². The molecule has 0 spiro atoms. The van der Waals surface area contributed by atoms with Gasteiger partial charge in [0.1, 0.15) is 5.75 Å². The first-order chi connectivity index (χ1) is 9.51. The maximum absolute atomic E-state index is 12.3. The maximum Gasteiger partial charge on any atom is 0.255 e. The summed E-state index contributed by atoms with van der Waals surface area (Å²) in [4.78, 5) is 13.0. The highest BCUT2D eigenvalue weighted by atomic mass is 35.5. The van der Waals surface area contributed by atoms with Crippen LogP contribution in [-0.4, -0.2) is 13.0 Å². The largest absolute Gasteiger partial charge is 0.495 e. The number of anilines is 1. The summed E-state index contributed by atoms with van der Waals surface area (Å²) >= 11 is 10.2. The number of carbonyl (C=O) groups excluding carboxylic acids is 1. The molecule has 0 aliphatic heterocycles. The topological polar surface area (TPSA) is 38.3 Å². The number of hydrogen-bond acceptors (Lipinski definition) is 3. The van der Waals surface area contributed by atoms with Gasteiger partial charge >= 0.3 is 0 Å². The van der Waals surface area contributed by atoms with Crippen molar-refractivity contribution in [3.8, 4) is 5.75 Å². The zero-order valence-corrected chi connectivity index (χ0v) is 12.8. The SMILES string of the molecule is COc1cc(NC(=O)c2cc(S)ccc2C)ccc1Cl. The van der Waals surface area contributed by atoms with E-state index in [0.29, 0.717) is 22.0 Å². The molecule has 1 amide bonds. The van der Waals surface area contributed by atoms with E-state index < -0.39 is 0 Å². The average Bonchev–Trinajstić information content (AvgIpc) is 2.43. The lowest BCUT2D eigenvalue weighted by atomic mass is 10.1. The average molecular weight is 308 g/mol. The number of nitrogens with one attached hydrogen (secondary N) is 1. The lowest BCUT2D eigenvalue weighted by Gasteiger charge is -2.10. The maximum atomic E-state index is 12.3. The number of benzene rings is 2. The van der Waals surface area contributed by atoms with Gasteiger partial charge in [-0.25, -0.2) is 0 Å². The summed E-state index contributed by atoms with van der Waals surface area (Å²) in [5.41, 5.74) is 2.10. The quantitative estimate of drug-likeness (QED) is 0.834. The molecule has 0 unspecified atom stereocenters. The van der Waals surface area contributed by atoms with Crippen molar-refractivity contribution in [2.45, 2.75) is 11.8 Å². The number of ether oxygens (including phenoxy) is 1. The van der Waals surface area contributed by atoms with Crippen LogP contribution in [-0.2, 0) is 0 Å². The van der Waals surface area contributed by atoms with Crippen molar-refractivity contribution >= 4 is 35.8 Å². The van der Waals surface area contributed by atoms with Gasteiger partial charge in [0, 0.05) is 22.2 Å². The van der Waals surface area contributed by atoms with E-state index in [-0.39, 0.29) is 5.91 Å². The normalized spacial score (nSPS) is 10.2. The van der Waals surface area contributed by atoms with Crippen LogP contribution in [0.15, 0.2) is 41.3 Å². The lowest BCUT2D eigenvalue weighted by molar-refractivity contribution is 0.102. The van der Waals surface area contributed by atoms with Crippen LogP contribution in [0.4, 0.5) is 5.69 Å². The molecule has 104 valence electrons. The summed E-state index contributed by atoms with van der Waals surface area (Å²) in [5, 5.41) is 3.32. The molecule has 0 heterocycles. The molecule has 0 saturated carbocycles. The van der Waals surface area contributed by atoms with Crippen LogP contribution in [0, 0.1) is 6.92 Å². The van der Waals surface area contributed by atoms with E-state index in [2.05, 4.69) is 17.9 Å². The molecule has 0 aliphatic rings. The van der Waals surface area contributed by atoms with Crippen LogP contribution >= 0.6 is 24.2 Å². The second kappa shape index (κ2) is 6.20. The van der Waals surface area contributed by atoms with Crippen molar-refractivity contribution in [1.29, 1.82) is 0 Å². The molecule has 3 nitrogen and oxygen atoms in total. The Morgan fingerprint density at radius 2 is 2.00 bits per heavy atom. The van der Waals surface area contributed by atoms with Crippen molar-refractivity contribution in [2.24, 2.45) is 0 Å². The van der Waals surface area contributed by atoms with Crippen LogP contribution < -0.4 is 10.1 Å². The van der Waals surface area contributed by atoms with Crippen LogP contribution in [0.1, 0.15) is 15.9 Å². The first-order valence-corrected chi connectivity index (χ1v) is 6.78. The van der Waals surface area contributed by atoms with E-state index in [4.69, 9.17) is 16.3 Å². The van der Waals surface area contributed by atoms with E-state index in [0.717, 1.165) is 10.5 Å². The van der Waals surface area contributed by atoms with Gasteiger partial charge in [0.05, 0.1) is 12.1 Å². The summed E-state index contributed by atoms with van der Waals surface area (Å²) < 4.78 is 5.12. The first kappa shape index (κ1) is 14.8. The van der Waals surface area contributed by atoms with Gasteiger partial charge in [-0.3, -0.25) is 4.79 Å². The van der Waals surface area contributed by atoms with Gasteiger partial charge in [0.2, 0.25) is 0 Å². The third-order valence-electron chi connectivity index (χ3n) is 2.87. The Labute approximate surface area is 128 Å². The van der Waals surface area contributed by atoms with E-state index in [1.165, 1.54) is 7.11 Å². The molecule has 0 radical (unpaired) electrons. The van der Waals surface area contributed by atoms with Gasteiger partial charge in [-0.15, -0.1) is 12.6 Å². The molecule has 2 aromatic rings. The van der Waals surface area contributed by atoms with Crippen molar-refractivity contribution in [3.63, 3.8) is 0 Å². The number of hydrogen-bond donors (Lipinski definition) is 2. The Balaban J connectivity index is 2.25. The molecule has 2 aromatic carbocycles. The molecule has 0 saturated heterocycles. The number of rotatable bonds is 3. The molecule has 0 atom stereocenters. The van der Waals surface area contributed by atoms with Crippen molar-refractivity contribution in [3.05, 3.63) is 52.5 Å². The predicted octanol–water partition coefficient (Wildman–Crippen LogP) is 4.20. The molecule has 0 aliphatic carbocycles. The van der Waals surface area contributed by atoms with Crippen LogP contribution in [0.3, 0.4) is 0 Å². The smallest absolute Gasteiger partial charge is 0.255 e. The standard InChI is InChI=1S/C15H14ClNO2S/c1-9-3-5-11(20)8-12(9)15(18)17-10-4-6-13(16)14(7-10)19-2/h3-8,20H,1-2H3,(H,17,18). The minimum Gasteiger partial charge on any atom is -0.495 e. The Kier molecular flexibility index (Phi) is 4.57. The van der Waals surface area contributed by atoms with Crippen molar-refractivity contribution in [1.82, 2.24) is 0 Å². The number of carbonyl (C=O) groups is 1. The highest BCUT2D eigenvalue weighted by Crippen LogP contribution is 2.27. The fourth-order valence-electron chi connectivity index (χ4n) is 1.79. The fourth-order valence-corrected chi connectivity index (χ4v) is 2.19. The zero-order valence-electron chi connectivity index (χ0n) is 11.1. The Morgan fingerprint density at radius 1 is 1.25 bits per heavy atom. The molecule has 0 bridgehead atoms. The van der Waals surface area contributed by atoms with Crippen LogP contribution in [0.5, 0.6) is 5.75 Å². The van der Waals surface area contributed by atoms with Crippen LogP contribution in [0.2, 0.25) is 5.02 Å². The summed E-state index contributed by atoms with van der Waals surface area (Å²) in [6.45, 7) is 1.88. The van der Waals surface area contributed by atoms with Gasteiger partial charge in [-0.1, -0.05) is 17.7 Å². The summed E-state index contributed by atoms with van der Waals surface area (Å²) in [6.07, 6.45) is 0. The Hall–Kier alpha value is -1.65. The Bertz CT molecular complexity index is 658. The number of amides is 1. The fraction of sp³-hybridized carbons (Fsp3) is 0.133. The van der Waals surface area contributed by atoms with Gasteiger partial charge in [0.25, 0.3) is 5.91 Å². The zero-order chi connectivity index (χ0) is 14.7. The molecule has 2 rings (SSSR count). The molecular formula is C15H14ClNO2S. The number of aryl methyl sites for hydroxylation is 1. The second-order valence-electron chi connectivity index (χ2n) is 4.30. The third kappa shape index (κ3) is 3.26. The molecule has 0 aromatic heterocycles. The molecule has 5 heteroatoms. The summed E-state index contributed by atoms with van der Waals surface area (Å²) in [6, 6.07) is 10.5. The highest BCUT2D eigenvalue weighted by molar-refractivity contribution is 7.80. The molecule has 0 fully saturated rings. The van der Waals surface area contributed by atoms with Gasteiger partial charge < -0.3 is 10.1 Å². The van der Waals surface area contributed by atoms with Crippen LogP contribution in [0.25, 0.3) is 0 Å². The molecular weight excluding hydrogens is 294 g/mol. The van der Waals surface area contributed by atoms with E-state index in [1.54, 1.807) is 24.3 Å². The molecule has 20 heavy (non-hydrogen) atoms. The van der Waals surface area contributed by atoms with E-state index in [1.807, 2.05) is 19.1 Å². The monoisotopic (exact) mass is 307 g/mol. The first-order valence-electron chi connectivity index (χ1n) is 5.96. The summed E-state index contributed by atoms with van der Waals surface area (Å²) in [5.74, 6) is 0.326. The van der Waals surface area contributed by atoms with Gasteiger partial charge in [-0.2, -0.15) is 0 Å². The third-order valence-corrected chi connectivity index (χ3v) is 3.47. The number of methoxy groups -OCH3 is 1.